The molecule has 0 saturated heterocycles. The van der Waals surface area contributed by atoms with E-state index in [0.29, 0.717) is 17.3 Å². The van der Waals surface area contributed by atoms with Crippen LogP contribution in [0.25, 0.3) is 5.82 Å². The molecule has 2 amide bonds. The van der Waals surface area contributed by atoms with Gasteiger partial charge >= 0.3 is 6.03 Å². The van der Waals surface area contributed by atoms with Gasteiger partial charge in [0.25, 0.3) is 0 Å². The lowest BCUT2D eigenvalue weighted by molar-refractivity contribution is 0.262. The Morgan fingerprint density at radius 2 is 1.55 bits per heavy atom. The molecular formula is C21H17F2N7O. The third-order valence-corrected chi connectivity index (χ3v) is 4.26. The summed E-state index contributed by atoms with van der Waals surface area (Å²) in [6.45, 7) is 1.88. The van der Waals surface area contributed by atoms with Gasteiger partial charge in [0.1, 0.15) is 35.4 Å². The van der Waals surface area contributed by atoms with Crippen LogP contribution in [-0.4, -0.2) is 25.6 Å². The SMILES string of the molecule is Cc1nccn1-c1cc(Nc2ccc(NC(=O)Nc3cc(F)cc(F)c3)cc2)ncn1. The number of carbonyl (C=O) groups excluding carboxylic acids is 1. The molecule has 4 aromatic rings. The van der Waals surface area contributed by atoms with Crippen molar-refractivity contribution in [3.05, 3.63) is 84.7 Å². The number of halogens is 2. The summed E-state index contributed by atoms with van der Waals surface area (Å²) in [7, 11) is 0. The zero-order chi connectivity index (χ0) is 21.8. The van der Waals surface area contributed by atoms with E-state index < -0.39 is 17.7 Å². The van der Waals surface area contributed by atoms with Crippen LogP contribution in [0.4, 0.5) is 36.5 Å². The molecular weight excluding hydrogens is 404 g/mol. The average molecular weight is 421 g/mol. The number of anilines is 4. The van der Waals surface area contributed by atoms with Crippen LogP contribution in [0.5, 0.6) is 0 Å². The lowest BCUT2D eigenvalue weighted by Gasteiger charge is -2.10. The third kappa shape index (κ3) is 4.99. The zero-order valence-corrected chi connectivity index (χ0v) is 16.3. The summed E-state index contributed by atoms with van der Waals surface area (Å²) in [5.41, 5.74) is 1.25. The fraction of sp³-hybridized carbons (Fsp3) is 0.0476. The Kier molecular flexibility index (Phi) is 5.52. The van der Waals surface area contributed by atoms with Crippen LogP contribution in [0.1, 0.15) is 5.82 Å². The van der Waals surface area contributed by atoms with Crippen molar-refractivity contribution >= 4 is 28.9 Å². The van der Waals surface area contributed by atoms with Crippen LogP contribution in [0.3, 0.4) is 0 Å². The quantitative estimate of drug-likeness (QED) is 0.436. The first kappa shape index (κ1) is 20.0. The van der Waals surface area contributed by atoms with Crippen LogP contribution < -0.4 is 16.0 Å². The number of imidazole rings is 1. The summed E-state index contributed by atoms with van der Waals surface area (Å²) < 4.78 is 28.3. The highest BCUT2D eigenvalue weighted by molar-refractivity contribution is 5.99. The molecule has 3 N–H and O–H groups in total. The van der Waals surface area contributed by atoms with Gasteiger partial charge in [0, 0.05) is 41.6 Å². The summed E-state index contributed by atoms with van der Waals surface area (Å²) in [5.74, 6) is 0.517. The topological polar surface area (TPSA) is 96.8 Å². The highest BCUT2D eigenvalue weighted by Crippen LogP contribution is 2.20. The molecule has 2 aromatic heterocycles. The number of amides is 2. The van der Waals surface area contributed by atoms with Gasteiger partial charge in [-0.05, 0) is 43.3 Å². The van der Waals surface area contributed by atoms with E-state index in [4.69, 9.17) is 0 Å². The molecule has 0 spiro atoms. The van der Waals surface area contributed by atoms with Gasteiger partial charge in [-0.25, -0.2) is 28.5 Å². The van der Waals surface area contributed by atoms with Gasteiger partial charge in [-0.15, -0.1) is 0 Å². The molecule has 0 aliphatic heterocycles. The predicted octanol–water partition coefficient (Wildman–Crippen LogP) is 4.64. The molecule has 0 fully saturated rings. The number of hydrogen-bond donors (Lipinski definition) is 3. The molecule has 0 aliphatic carbocycles. The number of nitrogens with zero attached hydrogens (tertiary/aromatic N) is 4. The first-order valence-corrected chi connectivity index (χ1v) is 9.20. The molecule has 2 aromatic carbocycles. The van der Waals surface area contributed by atoms with E-state index in [9.17, 15) is 13.6 Å². The minimum Gasteiger partial charge on any atom is -0.340 e. The van der Waals surface area contributed by atoms with Crippen LogP contribution in [0.2, 0.25) is 0 Å². The number of benzene rings is 2. The summed E-state index contributed by atoms with van der Waals surface area (Å²) in [6, 6.07) is 10.8. The monoisotopic (exact) mass is 421 g/mol. The number of aromatic nitrogens is 4. The van der Waals surface area contributed by atoms with Crippen LogP contribution in [0.15, 0.2) is 67.3 Å². The first-order valence-electron chi connectivity index (χ1n) is 9.20. The van der Waals surface area contributed by atoms with Gasteiger partial charge in [-0.1, -0.05) is 0 Å². The minimum absolute atomic E-state index is 0.0148. The number of urea groups is 1. The van der Waals surface area contributed by atoms with Crippen molar-refractivity contribution in [1.29, 1.82) is 0 Å². The molecule has 0 bridgehead atoms. The van der Waals surface area contributed by atoms with Gasteiger partial charge in [0.05, 0.1) is 0 Å². The van der Waals surface area contributed by atoms with Crippen LogP contribution in [-0.2, 0) is 0 Å². The van der Waals surface area contributed by atoms with Crippen molar-refractivity contribution in [1.82, 2.24) is 19.5 Å². The Bertz CT molecular complexity index is 1200. The highest BCUT2D eigenvalue weighted by atomic mass is 19.1. The summed E-state index contributed by atoms with van der Waals surface area (Å²) in [6.07, 6.45) is 4.95. The highest BCUT2D eigenvalue weighted by Gasteiger charge is 2.07. The zero-order valence-electron chi connectivity index (χ0n) is 16.3. The molecule has 8 nitrogen and oxygen atoms in total. The van der Waals surface area contributed by atoms with Crippen molar-refractivity contribution in [3.63, 3.8) is 0 Å². The Morgan fingerprint density at radius 3 is 2.23 bits per heavy atom. The third-order valence-electron chi connectivity index (χ3n) is 4.26. The van der Waals surface area contributed by atoms with E-state index in [1.807, 2.05) is 17.7 Å². The summed E-state index contributed by atoms with van der Waals surface area (Å²) in [5, 5.41) is 8.14. The minimum atomic E-state index is -0.776. The first-order chi connectivity index (χ1) is 15.0. The Labute approximate surface area is 176 Å². The van der Waals surface area contributed by atoms with Crippen molar-refractivity contribution in [2.24, 2.45) is 0 Å². The maximum absolute atomic E-state index is 13.2. The molecule has 31 heavy (non-hydrogen) atoms. The lowest BCUT2D eigenvalue weighted by Crippen LogP contribution is -2.19. The molecule has 0 aliphatic rings. The Balaban J connectivity index is 1.39. The van der Waals surface area contributed by atoms with E-state index in [-0.39, 0.29) is 5.69 Å². The van der Waals surface area contributed by atoms with Crippen molar-refractivity contribution in [3.8, 4) is 5.82 Å². The van der Waals surface area contributed by atoms with E-state index in [2.05, 4.69) is 30.9 Å². The molecule has 0 atom stereocenters. The standard InChI is InChI=1S/C21H17F2N7O/c1-13-24-6-7-30(13)20-11-19(25-12-26-20)27-16-2-4-17(5-3-16)28-21(31)29-18-9-14(22)8-15(23)10-18/h2-12H,1H3,(H,25,26,27)(H2,28,29,31). The number of carbonyl (C=O) groups is 1. The Morgan fingerprint density at radius 1 is 0.871 bits per heavy atom. The molecule has 156 valence electrons. The summed E-state index contributed by atoms with van der Waals surface area (Å²) >= 11 is 0. The molecule has 0 radical (unpaired) electrons. The second-order valence-corrected chi connectivity index (χ2v) is 6.55. The molecule has 0 unspecified atom stereocenters. The fourth-order valence-electron chi connectivity index (χ4n) is 2.87. The summed E-state index contributed by atoms with van der Waals surface area (Å²) in [4.78, 5) is 24.7. The van der Waals surface area contributed by atoms with Gasteiger partial charge in [-0.3, -0.25) is 4.57 Å². The number of rotatable bonds is 5. The van der Waals surface area contributed by atoms with Gasteiger partial charge in [0.15, 0.2) is 0 Å². The second-order valence-electron chi connectivity index (χ2n) is 6.55. The second kappa shape index (κ2) is 8.57. The fourth-order valence-corrected chi connectivity index (χ4v) is 2.87. The Hall–Kier alpha value is -4.34. The van der Waals surface area contributed by atoms with Crippen LogP contribution >= 0.6 is 0 Å². The van der Waals surface area contributed by atoms with Gasteiger partial charge < -0.3 is 16.0 Å². The largest absolute Gasteiger partial charge is 0.340 e. The number of aryl methyl sites for hydroxylation is 1. The van der Waals surface area contributed by atoms with Crippen LogP contribution in [0, 0.1) is 18.6 Å². The maximum atomic E-state index is 13.2. The van der Waals surface area contributed by atoms with Crippen molar-refractivity contribution in [2.75, 3.05) is 16.0 Å². The van der Waals surface area contributed by atoms with Gasteiger partial charge in [0.2, 0.25) is 0 Å². The van der Waals surface area contributed by atoms with Gasteiger partial charge in [-0.2, -0.15) is 0 Å². The average Bonchev–Trinajstić information content (AvgIpc) is 3.15. The lowest BCUT2D eigenvalue weighted by atomic mass is 10.2. The van der Waals surface area contributed by atoms with E-state index >= 15 is 0 Å². The maximum Gasteiger partial charge on any atom is 0.323 e. The smallest absolute Gasteiger partial charge is 0.323 e. The van der Waals surface area contributed by atoms with Crippen molar-refractivity contribution < 1.29 is 13.6 Å². The number of nitrogens with one attached hydrogen (secondary N) is 3. The van der Waals surface area contributed by atoms with E-state index in [0.717, 1.165) is 29.7 Å². The molecule has 2 heterocycles. The normalized spacial score (nSPS) is 10.5. The number of hydrogen-bond acceptors (Lipinski definition) is 5. The molecule has 4 rings (SSSR count). The van der Waals surface area contributed by atoms with Crippen molar-refractivity contribution in [2.45, 2.75) is 6.92 Å². The molecule has 10 heteroatoms. The molecule has 0 saturated carbocycles. The van der Waals surface area contributed by atoms with E-state index in [1.54, 1.807) is 36.5 Å². The van der Waals surface area contributed by atoms with E-state index in [1.165, 1.54) is 6.33 Å². The predicted molar refractivity (Wildman–Crippen MR) is 113 cm³/mol.